The second-order valence-corrected chi connectivity index (χ2v) is 4.23. The molecular formula is C11H18N2O. The third kappa shape index (κ3) is 3.24. The Hall–Kier alpha value is -1.25. The zero-order valence-corrected chi connectivity index (χ0v) is 9.08. The van der Waals surface area contributed by atoms with Crippen LogP contribution < -0.4 is 10.5 Å². The number of hydrogen-bond donors (Lipinski definition) is 1. The number of hydrogen-bond acceptors (Lipinski definition) is 3. The van der Waals surface area contributed by atoms with Crippen LogP contribution in [0.25, 0.3) is 0 Å². The van der Waals surface area contributed by atoms with Gasteiger partial charge < -0.3 is 10.5 Å². The Kier molecular flexibility index (Phi) is 3.33. The van der Waals surface area contributed by atoms with Crippen LogP contribution in [-0.2, 0) is 0 Å². The van der Waals surface area contributed by atoms with E-state index < -0.39 is 0 Å². The van der Waals surface area contributed by atoms with Crippen molar-refractivity contribution in [2.45, 2.75) is 27.2 Å². The van der Waals surface area contributed by atoms with Crippen LogP contribution in [0.4, 0.5) is 5.69 Å². The molecule has 0 bridgehead atoms. The van der Waals surface area contributed by atoms with E-state index in [0.29, 0.717) is 18.2 Å². The maximum Gasteiger partial charge on any atom is 0.215 e. The van der Waals surface area contributed by atoms with Crippen molar-refractivity contribution >= 4 is 5.69 Å². The Morgan fingerprint density at radius 2 is 2.21 bits per heavy atom. The standard InChI is InChI=1S/C11H18N2O/c1-4-11(2,3)8-14-10-7-9(12)5-6-13-10/h5-7H,4,8H2,1-3H3,(H2,12,13). The van der Waals surface area contributed by atoms with Crippen LogP contribution in [-0.4, -0.2) is 11.6 Å². The first-order valence-corrected chi connectivity index (χ1v) is 4.88. The van der Waals surface area contributed by atoms with Gasteiger partial charge in [-0.25, -0.2) is 4.98 Å². The summed E-state index contributed by atoms with van der Waals surface area (Å²) < 4.78 is 5.55. The summed E-state index contributed by atoms with van der Waals surface area (Å²) in [5, 5.41) is 0. The summed E-state index contributed by atoms with van der Waals surface area (Å²) in [4.78, 5) is 4.07. The van der Waals surface area contributed by atoms with Gasteiger partial charge in [0.05, 0.1) is 6.61 Å². The lowest BCUT2D eigenvalue weighted by Gasteiger charge is -2.22. The summed E-state index contributed by atoms with van der Waals surface area (Å²) >= 11 is 0. The fourth-order valence-corrected chi connectivity index (χ4v) is 0.875. The van der Waals surface area contributed by atoms with Crippen LogP contribution in [0, 0.1) is 5.41 Å². The smallest absolute Gasteiger partial charge is 0.215 e. The first kappa shape index (κ1) is 10.8. The molecule has 2 N–H and O–H groups in total. The summed E-state index contributed by atoms with van der Waals surface area (Å²) in [7, 11) is 0. The Labute approximate surface area is 85.3 Å². The van der Waals surface area contributed by atoms with Crippen molar-refractivity contribution in [1.29, 1.82) is 0 Å². The van der Waals surface area contributed by atoms with Crippen molar-refractivity contribution in [3.8, 4) is 5.88 Å². The minimum absolute atomic E-state index is 0.187. The van der Waals surface area contributed by atoms with Crippen molar-refractivity contribution in [3.63, 3.8) is 0 Å². The Morgan fingerprint density at radius 3 is 2.79 bits per heavy atom. The van der Waals surface area contributed by atoms with Crippen LogP contribution in [0.2, 0.25) is 0 Å². The van der Waals surface area contributed by atoms with Gasteiger partial charge in [0, 0.05) is 18.0 Å². The number of nitrogens with two attached hydrogens (primary N) is 1. The molecule has 0 aliphatic rings. The molecule has 3 nitrogen and oxygen atoms in total. The lowest BCUT2D eigenvalue weighted by Crippen LogP contribution is -2.20. The van der Waals surface area contributed by atoms with Gasteiger partial charge in [0.1, 0.15) is 0 Å². The second-order valence-electron chi connectivity index (χ2n) is 4.23. The summed E-state index contributed by atoms with van der Waals surface area (Å²) in [5.41, 5.74) is 6.48. The zero-order chi connectivity index (χ0) is 10.6. The predicted molar refractivity (Wildman–Crippen MR) is 58.2 cm³/mol. The quantitative estimate of drug-likeness (QED) is 0.801. The molecule has 0 aromatic carbocycles. The van der Waals surface area contributed by atoms with Gasteiger partial charge in [0.2, 0.25) is 5.88 Å². The average molecular weight is 194 g/mol. The molecule has 0 unspecified atom stereocenters. The van der Waals surface area contributed by atoms with Crippen molar-refractivity contribution < 1.29 is 4.74 Å². The van der Waals surface area contributed by atoms with Crippen LogP contribution in [0.1, 0.15) is 27.2 Å². The number of aromatic nitrogens is 1. The maximum atomic E-state index is 5.61. The van der Waals surface area contributed by atoms with E-state index in [1.165, 1.54) is 0 Å². The van der Waals surface area contributed by atoms with Gasteiger partial charge in [-0.15, -0.1) is 0 Å². The van der Waals surface area contributed by atoms with E-state index in [2.05, 4.69) is 25.8 Å². The minimum atomic E-state index is 0.187. The molecule has 0 aliphatic carbocycles. The molecule has 0 saturated carbocycles. The first-order chi connectivity index (χ1) is 6.53. The lowest BCUT2D eigenvalue weighted by molar-refractivity contribution is 0.170. The molecule has 0 spiro atoms. The van der Waals surface area contributed by atoms with E-state index in [9.17, 15) is 0 Å². The number of nitrogens with zero attached hydrogens (tertiary/aromatic N) is 1. The van der Waals surface area contributed by atoms with Gasteiger partial charge in [-0.3, -0.25) is 0 Å². The summed E-state index contributed by atoms with van der Waals surface area (Å²) in [5.74, 6) is 0.603. The molecule has 0 aliphatic heterocycles. The first-order valence-electron chi connectivity index (χ1n) is 4.88. The van der Waals surface area contributed by atoms with Gasteiger partial charge in [-0.05, 0) is 17.9 Å². The van der Waals surface area contributed by atoms with E-state index in [1.54, 1.807) is 18.3 Å². The monoisotopic (exact) mass is 194 g/mol. The highest BCUT2D eigenvalue weighted by molar-refractivity contribution is 5.39. The molecule has 0 atom stereocenters. The highest BCUT2D eigenvalue weighted by Crippen LogP contribution is 2.21. The minimum Gasteiger partial charge on any atom is -0.477 e. The number of ether oxygens (including phenoxy) is 1. The molecule has 1 aromatic rings. The topological polar surface area (TPSA) is 48.1 Å². The van der Waals surface area contributed by atoms with Crippen LogP contribution in [0.3, 0.4) is 0 Å². The van der Waals surface area contributed by atoms with Crippen LogP contribution >= 0.6 is 0 Å². The van der Waals surface area contributed by atoms with Gasteiger partial charge in [-0.1, -0.05) is 20.8 Å². The van der Waals surface area contributed by atoms with E-state index >= 15 is 0 Å². The third-order valence-electron chi connectivity index (χ3n) is 2.33. The van der Waals surface area contributed by atoms with E-state index in [4.69, 9.17) is 10.5 Å². The molecule has 1 heterocycles. The molecule has 0 fully saturated rings. The fourth-order valence-electron chi connectivity index (χ4n) is 0.875. The molecule has 1 rings (SSSR count). The zero-order valence-electron chi connectivity index (χ0n) is 9.08. The van der Waals surface area contributed by atoms with Crippen LogP contribution in [0.15, 0.2) is 18.3 Å². The van der Waals surface area contributed by atoms with E-state index in [1.807, 2.05) is 0 Å². The van der Waals surface area contributed by atoms with Crippen molar-refractivity contribution in [2.75, 3.05) is 12.3 Å². The molecule has 0 amide bonds. The molecular weight excluding hydrogens is 176 g/mol. The Balaban J connectivity index is 2.54. The number of pyridine rings is 1. The molecule has 0 saturated heterocycles. The summed E-state index contributed by atoms with van der Waals surface area (Å²) in [6.07, 6.45) is 2.74. The summed E-state index contributed by atoms with van der Waals surface area (Å²) in [6, 6.07) is 3.49. The lowest BCUT2D eigenvalue weighted by atomic mass is 9.92. The van der Waals surface area contributed by atoms with Gasteiger partial charge in [0.15, 0.2) is 0 Å². The van der Waals surface area contributed by atoms with Crippen molar-refractivity contribution in [3.05, 3.63) is 18.3 Å². The van der Waals surface area contributed by atoms with E-state index in [-0.39, 0.29) is 5.41 Å². The SMILES string of the molecule is CCC(C)(C)COc1cc(N)ccn1. The van der Waals surface area contributed by atoms with Gasteiger partial charge in [0.25, 0.3) is 0 Å². The average Bonchev–Trinajstić information content (AvgIpc) is 2.15. The molecule has 3 heteroatoms. The number of anilines is 1. The summed E-state index contributed by atoms with van der Waals surface area (Å²) in [6.45, 7) is 7.15. The van der Waals surface area contributed by atoms with Gasteiger partial charge >= 0.3 is 0 Å². The third-order valence-corrected chi connectivity index (χ3v) is 2.33. The van der Waals surface area contributed by atoms with Crippen LogP contribution in [0.5, 0.6) is 5.88 Å². The van der Waals surface area contributed by atoms with Gasteiger partial charge in [-0.2, -0.15) is 0 Å². The molecule has 0 radical (unpaired) electrons. The predicted octanol–water partition coefficient (Wildman–Crippen LogP) is 2.48. The van der Waals surface area contributed by atoms with Crippen molar-refractivity contribution in [1.82, 2.24) is 4.98 Å². The van der Waals surface area contributed by atoms with E-state index in [0.717, 1.165) is 6.42 Å². The molecule has 78 valence electrons. The molecule has 14 heavy (non-hydrogen) atoms. The van der Waals surface area contributed by atoms with Crippen molar-refractivity contribution in [2.24, 2.45) is 5.41 Å². The number of nitrogen functional groups attached to an aromatic ring is 1. The Bertz CT molecular complexity index is 297. The molecule has 1 aromatic heterocycles. The largest absolute Gasteiger partial charge is 0.477 e. The highest BCUT2D eigenvalue weighted by atomic mass is 16.5. The number of rotatable bonds is 4. The fraction of sp³-hybridized carbons (Fsp3) is 0.545. The highest BCUT2D eigenvalue weighted by Gasteiger charge is 2.16. The normalized spacial score (nSPS) is 11.4. The maximum absolute atomic E-state index is 5.61. The second kappa shape index (κ2) is 4.31. The Morgan fingerprint density at radius 1 is 1.50 bits per heavy atom.